The Kier molecular flexibility index (Phi) is 6.48. The first-order chi connectivity index (χ1) is 10.5. The van der Waals surface area contributed by atoms with E-state index >= 15 is 0 Å². The highest BCUT2D eigenvalue weighted by Gasteiger charge is 2.41. The predicted octanol–water partition coefficient (Wildman–Crippen LogP) is 3.82. The summed E-state index contributed by atoms with van der Waals surface area (Å²) in [5, 5.41) is 0. The molecule has 2 aliphatic rings. The van der Waals surface area contributed by atoms with Crippen LogP contribution in [0.4, 0.5) is 0 Å². The number of hydrogen-bond donors (Lipinski definition) is 0. The minimum atomic E-state index is -3.30. The van der Waals surface area contributed by atoms with Gasteiger partial charge in [-0.2, -0.15) is 0 Å². The molecular formula is C16H30NO4P. The van der Waals surface area contributed by atoms with Gasteiger partial charge in [0.1, 0.15) is 6.16 Å². The van der Waals surface area contributed by atoms with Crippen LogP contribution < -0.4 is 0 Å². The molecule has 0 saturated heterocycles. The topological polar surface area (TPSA) is 55.8 Å². The lowest BCUT2D eigenvalue weighted by Crippen LogP contribution is -2.45. The minimum absolute atomic E-state index is 0.0488. The molecule has 0 bridgehead atoms. The van der Waals surface area contributed by atoms with Crippen LogP contribution in [-0.2, 0) is 18.4 Å². The molecule has 0 aromatic rings. The summed E-state index contributed by atoms with van der Waals surface area (Å²) in [6.07, 6.45) is 6.52. The molecule has 0 aliphatic heterocycles. The van der Waals surface area contributed by atoms with Gasteiger partial charge in [0.15, 0.2) is 0 Å². The Morgan fingerprint density at radius 3 is 1.86 bits per heavy atom. The van der Waals surface area contributed by atoms with Crippen molar-refractivity contribution in [3.63, 3.8) is 0 Å². The van der Waals surface area contributed by atoms with Gasteiger partial charge in [-0.1, -0.05) is 6.92 Å². The fourth-order valence-electron chi connectivity index (χ4n) is 3.35. The zero-order valence-electron chi connectivity index (χ0n) is 14.1. The molecule has 0 heterocycles. The van der Waals surface area contributed by atoms with Crippen molar-refractivity contribution >= 4 is 13.5 Å². The first kappa shape index (κ1) is 18.0. The van der Waals surface area contributed by atoms with Crippen LogP contribution in [0.15, 0.2) is 0 Å². The molecule has 0 radical (unpaired) electrons. The lowest BCUT2D eigenvalue weighted by molar-refractivity contribution is -0.132. The van der Waals surface area contributed by atoms with E-state index in [9.17, 15) is 9.36 Å². The Morgan fingerprint density at radius 2 is 1.45 bits per heavy atom. The molecule has 1 amide bonds. The summed E-state index contributed by atoms with van der Waals surface area (Å²) >= 11 is 0. The third-order valence-electron chi connectivity index (χ3n) is 4.59. The van der Waals surface area contributed by atoms with E-state index in [0.29, 0.717) is 25.3 Å². The second kappa shape index (κ2) is 7.94. The maximum absolute atomic E-state index is 12.8. The molecule has 0 unspecified atom stereocenters. The molecule has 5 nitrogen and oxygen atoms in total. The van der Waals surface area contributed by atoms with E-state index in [2.05, 4.69) is 6.92 Å². The minimum Gasteiger partial charge on any atom is -0.336 e. The molecule has 2 aliphatic carbocycles. The molecule has 128 valence electrons. The van der Waals surface area contributed by atoms with Gasteiger partial charge in [-0.3, -0.25) is 9.36 Å². The Hall–Kier alpha value is -0.380. The number of rotatable bonds is 8. The van der Waals surface area contributed by atoms with Gasteiger partial charge in [0, 0.05) is 12.1 Å². The van der Waals surface area contributed by atoms with Crippen molar-refractivity contribution in [2.75, 3.05) is 19.4 Å². The van der Waals surface area contributed by atoms with Gasteiger partial charge in [0.2, 0.25) is 5.91 Å². The number of hydrogen-bond acceptors (Lipinski definition) is 4. The average molecular weight is 331 g/mol. The lowest BCUT2D eigenvalue weighted by atomic mass is 9.86. The van der Waals surface area contributed by atoms with Gasteiger partial charge in [-0.15, -0.1) is 0 Å². The standard InChI is InChI=1S/C16H30NO4P/c1-4-20-22(19,21-5-2)12-16(18)17(15-10-11-15)14-8-6-13(3)7-9-14/h13-15H,4-12H2,1-3H3. The molecule has 22 heavy (non-hydrogen) atoms. The number of carbonyl (C=O) groups is 1. The zero-order chi connectivity index (χ0) is 16.2. The molecule has 0 atom stereocenters. The Bertz CT molecular complexity index is 406. The number of nitrogens with zero attached hydrogens (tertiary/aromatic N) is 1. The zero-order valence-corrected chi connectivity index (χ0v) is 15.0. The van der Waals surface area contributed by atoms with Crippen LogP contribution in [0.1, 0.15) is 59.3 Å². The van der Waals surface area contributed by atoms with E-state index in [4.69, 9.17) is 9.05 Å². The Labute approximate surface area is 134 Å². The van der Waals surface area contributed by atoms with Gasteiger partial charge >= 0.3 is 7.60 Å². The summed E-state index contributed by atoms with van der Waals surface area (Å²) in [7, 11) is -3.30. The van der Waals surface area contributed by atoms with E-state index in [0.717, 1.165) is 31.6 Å². The van der Waals surface area contributed by atoms with Gasteiger partial charge in [-0.05, 0) is 58.3 Å². The molecule has 2 saturated carbocycles. The lowest BCUT2D eigenvalue weighted by Gasteiger charge is -2.37. The third kappa shape index (κ3) is 4.81. The van der Waals surface area contributed by atoms with Gasteiger partial charge in [0.25, 0.3) is 0 Å². The second-order valence-electron chi connectivity index (χ2n) is 6.55. The first-order valence-corrected chi connectivity index (χ1v) is 10.4. The summed E-state index contributed by atoms with van der Waals surface area (Å²) < 4.78 is 23.2. The highest BCUT2D eigenvalue weighted by atomic mass is 31.2. The van der Waals surface area contributed by atoms with Crippen molar-refractivity contribution in [3.05, 3.63) is 0 Å². The second-order valence-corrected chi connectivity index (χ2v) is 8.60. The molecule has 0 N–H and O–H groups in total. The van der Waals surface area contributed by atoms with Crippen molar-refractivity contribution in [2.24, 2.45) is 5.92 Å². The summed E-state index contributed by atoms with van der Waals surface area (Å²) in [5.41, 5.74) is 0. The van der Waals surface area contributed by atoms with Gasteiger partial charge in [0.05, 0.1) is 13.2 Å². The Morgan fingerprint density at radius 1 is 1.00 bits per heavy atom. The van der Waals surface area contributed by atoms with E-state index in [1.807, 2.05) is 4.90 Å². The number of carbonyl (C=O) groups excluding carboxylic acids is 1. The van der Waals surface area contributed by atoms with Crippen molar-refractivity contribution in [2.45, 2.75) is 71.4 Å². The van der Waals surface area contributed by atoms with E-state index in [-0.39, 0.29) is 12.1 Å². The molecular weight excluding hydrogens is 301 g/mol. The molecule has 0 aromatic carbocycles. The summed E-state index contributed by atoms with van der Waals surface area (Å²) in [4.78, 5) is 14.8. The van der Waals surface area contributed by atoms with Crippen LogP contribution in [0.2, 0.25) is 0 Å². The molecule has 6 heteroatoms. The van der Waals surface area contributed by atoms with Crippen LogP contribution in [0.3, 0.4) is 0 Å². The number of amides is 1. The van der Waals surface area contributed by atoms with Crippen molar-refractivity contribution < 1.29 is 18.4 Å². The van der Waals surface area contributed by atoms with Gasteiger partial charge in [-0.25, -0.2) is 0 Å². The van der Waals surface area contributed by atoms with E-state index in [1.54, 1.807) is 13.8 Å². The maximum Gasteiger partial charge on any atom is 0.340 e. The summed E-state index contributed by atoms with van der Waals surface area (Å²) in [5.74, 6) is 0.706. The van der Waals surface area contributed by atoms with Crippen LogP contribution in [0.5, 0.6) is 0 Å². The van der Waals surface area contributed by atoms with Crippen molar-refractivity contribution in [3.8, 4) is 0 Å². The predicted molar refractivity (Wildman–Crippen MR) is 87.0 cm³/mol. The van der Waals surface area contributed by atoms with Crippen LogP contribution in [0, 0.1) is 5.92 Å². The largest absolute Gasteiger partial charge is 0.340 e. The van der Waals surface area contributed by atoms with Crippen molar-refractivity contribution in [1.82, 2.24) is 4.90 Å². The highest BCUT2D eigenvalue weighted by molar-refractivity contribution is 7.54. The first-order valence-electron chi connectivity index (χ1n) is 8.68. The van der Waals surface area contributed by atoms with Crippen LogP contribution in [-0.4, -0.2) is 42.3 Å². The smallest absolute Gasteiger partial charge is 0.336 e. The fraction of sp³-hybridized carbons (Fsp3) is 0.938. The quantitative estimate of drug-likeness (QED) is 0.635. The van der Waals surface area contributed by atoms with Crippen LogP contribution >= 0.6 is 7.60 Å². The maximum atomic E-state index is 12.8. The monoisotopic (exact) mass is 331 g/mol. The average Bonchev–Trinajstić information content (AvgIpc) is 3.26. The SMILES string of the molecule is CCOP(=O)(CC(=O)N(C1CCC(C)CC1)C1CC1)OCC. The summed E-state index contributed by atoms with van der Waals surface area (Å²) in [6, 6.07) is 0.663. The van der Waals surface area contributed by atoms with E-state index in [1.165, 1.54) is 12.8 Å². The highest BCUT2D eigenvalue weighted by Crippen LogP contribution is 2.49. The Balaban J connectivity index is 2.01. The van der Waals surface area contributed by atoms with Crippen molar-refractivity contribution in [1.29, 1.82) is 0 Å². The van der Waals surface area contributed by atoms with Crippen LogP contribution in [0.25, 0.3) is 0 Å². The van der Waals surface area contributed by atoms with E-state index < -0.39 is 7.60 Å². The third-order valence-corrected chi connectivity index (χ3v) is 6.55. The molecule has 2 rings (SSSR count). The molecule has 2 fully saturated rings. The molecule has 0 aromatic heterocycles. The van der Waals surface area contributed by atoms with Gasteiger partial charge < -0.3 is 13.9 Å². The summed E-state index contributed by atoms with van der Waals surface area (Å²) in [6.45, 7) is 6.43. The molecule has 0 spiro atoms. The fourth-order valence-corrected chi connectivity index (χ4v) is 4.89. The normalized spacial score (nSPS) is 26.0.